The Hall–Kier alpha value is -3.42. The molecule has 0 saturated carbocycles. The van der Waals surface area contributed by atoms with Crippen LogP contribution in [0.1, 0.15) is 43.2 Å². The molecule has 166 valence electrons. The zero-order valence-corrected chi connectivity index (χ0v) is 17.6. The molecule has 0 bridgehead atoms. The minimum absolute atomic E-state index is 0.0619. The molecule has 0 radical (unpaired) electrons. The molecule has 1 atom stereocenters. The Morgan fingerprint density at radius 2 is 1.91 bits per heavy atom. The number of amides is 1. The zero-order chi connectivity index (χ0) is 21.9. The van der Waals surface area contributed by atoms with Crippen molar-refractivity contribution in [3.05, 3.63) is 59.7 Å². The number of carbonyl (C=O) groups is 1. The van der Waals surface area contributed by atoms with Gasteiger partial charge in [0.25, 0.3) is 0 Å². The molecule has 0 N–H and O–H groups in total. The Labute approximate surface area is 185 Å². The maximum atomic E-state index is 13.1. The number of benzene rings is 2. The van der Waals surface area contributed by atoms with E-state index in [1.807, 2.05) is 23.1 Å². The van der Waals surface area contributed by atoms with Gasteiger partial charge >= 0.3 is 0 Å². The Kier molecular flexibility index (Phi) is 5.75. The fourth-order valence-corrected chi connectivity index (χ4v) is 4.29. The van der Waals surface area contributed by atoms with E-state index in [1.54, 1.807) is 12.1 Å². The van der Waals surface area contributed by atoms with Crippen LogP contribution >= 0.6 is 0 Å². The largest absolute Gasteiger partial charge is 0.486 e. The van der Waals surface area contributed by atoms with Crippen LogP contribution in [0.15, 0.2) is 47.0 Å². The van der Waals surface area contributed by atoms with Gasteiger partial charge in [-0.15, -0.1) is 0 Å². The van der Waals surface area contributed by atoms with Gasteiger partial charge < -0.3 is 18.9 Å². The average Bonchev–Trinajstić information content (AvgIpc) is 3.49. The number of fused-ring (bicyclic) bond motifs is 1. The van der Waals surface area contributed by atoms with Crippen molar-refractivity contribution < 1.29 is 23.2 Å². The van der Waals surface area contributed by atoms with Crippen LogP contribution in [-0.2, 0) is 11.2 Å². The van der Waals surface area contributed by atoms with E-state index in [-0.39, 0.29) is 17.8 Å². The van der Waals surface area contributed by atoms with Gasteiger partial charge in [-0.2, -0.15) is 4.98 Å². The lowest BCUT2D eigenvalue weighted by Gasteiger charge is -2.26. The molecule has 8 heteroatoms. The Morgan fingerprint density at radius 3 is 2.75 bits per heavy atom. The molecule has 1 amide bonds. The molecule has 2 aliphatic rings. The number of hydrogen-bond donors (Lipinski definition) is 0. The molecule has 7 nitrogen and oxygen atoms in total. The van der Waals surface area contributed by atoms with Gasteiger partial charge in [0.2, 0.25) is 17.6 Å². The molecule has 1 fully saturated rings. The normalized spacial score (nSPS) is 17.5. The van der Waals surface area contributed by atoms with E-state index in [9.17, 15) is 9.18 Å². The lowest BCUT2D eigenvalue weighted by molar-refractivity contribution is -0.132. The summed E-state index contributed by atoms with van der Waals surface area (Å²) in [5.41, 5.74) is 1.78. The van der Waals surface area contributed by atoms with Gasteiger partial charge in [0.1, 0.15) is 19.0 Å². The highest BCUT2D eigenvalue weighted by atomic mass is 19.1. The van der Waals surface area contributed by atoms with E-state index in [4.69, 9.17) is 14.0 Å². The van der Waals surface area contributed by atoms with Crippen molar-refractivity contribution in [1.82, 2.24) is 15.0 Å². The minimum Gasteiger partial charge on any atom is -0.486 e. The van der Waals surface area contributed by atoms with E-state index in [0.29, 0.717) is 49.8 Å². The van der Waals surface area contributed by atoms with Gasteiger partial charge in [0.15, 0.2) is 11.5 Å². The van der Waals surface area contributed by atoms with E-state index in [2.05, 4.69) is 10.1 Å². The standard InChI is InChI=1S/C24H24FN3O4/c25-18-9-6-16(7-10-18)24-26-22(32-27-24)4-1-5-23(29)28-12-2-3-19(28)17-8-11-20-21(15-17)31-14-13-30-20/h6-11,15,19H,1-5,12-14H2/t19-/m1/s1. The summed E-state index contributed by atoms with van der Waals surface area (Å²) < 4.78 is 29.7. The molecule has 0 spiro atoms. The number of likely N-dealkylation sites (tertiary alicyclic amines) is 1. The van der Waals surface area contributed by atoms with E-state index < -0.39 is 0 Å². The molecule has 2 aliphatic heterocycles. The van der Waals surface area contributed by atoms with Crippen LogP contribution in [0.3, 0.4) is 0 Å². The fraction of sp³-hybridized carbons (Fsp3) is 0.375. The van der Waals surface area contributed by atoms with Gasteiger partial charge in [0, 0.05) is 24.9 Å². The van der Waals surface area contributed by atoms with Crippen LogP contribution in [0.25, 0.3) is 11.4 Å². The summed E-state index contributed by atoms with van der Waals surface area (Å²) in [4.78, 5) is 19.3. The highest BCUT2D eigenvalue weighted by Gasteiger charge is 2.30. The van der Waals surface area contributed by atoms with E-state index >= 15 is 0 Å². The second kappa shape index (κ2) is 8.98. The second-order valence-electron chi connectivity index (χ2n) is 8.02. The minimum atomic E-state index is -0.313. The average molecular weight is 437 g/mol. The number of carbonyl (C=O) groups excluding carboxylic acids is 1. The second-order valence-corrected chi connectivity index (χ2v) is 8.02. The Balaban J connectivity index is 1.18. The molecule has 5 rings (SSSR count). The van der Waals surface area contributed by atoms with Gasteiger partial charge in [-0.05, 0) is 61.2 Å². The summed E-state index contributed by atoms with van der Waals surface area (Å²) in [6, 6.07) is 12.0. The summed E-state index contributed by atoms with van der Waals surface area (Å²) in [7, 11) is 0. The van der Waals surface area contributed by atoms with Gasteiger partial charge in [-0.25, -0.2) is 4.39 Å². The zero-order valence-electron chi connectivity index (χ0n) is 17.6. The first-order valence-corrected chi connectivity index (χ1v) is 10.9. The topological polar surface area (TPSA) is 77.7 Å². The number of halogens is 1. The van der Waals surface area contributed by atoms with Gasteiger partial charge in [-0.3, -0.25) is 4.79 Å². The predicted molar refractivity (Wildman–Crippen MR) is 114 cm³/mol. The van der Waals surface area contributed by atoms with E-state index in [0.717, 1.165) is 36.4 Å². The van der Waals surface area contributed by atoms with Crippen LogP contribution in [0.5, 0.6) is 11.5 Å². The molecular formula is C24H24FN3O4. The van der Waals surface area contributed by atoms with Crippen molar-refractivity contribution in [1.29, 1.82) is 0 Å². The summed E-state index contributed by atoms with van der Waals surface area (Å²) >= 11 is 0. The van der Waals surface area contributed by atoms with Crippen molar-refractivity contribution in [3.8, 4) is 22.9 Å². The van der Waals surface area contributed by atoms with Crippen molar-refractivity contribution in [2.75, 3.05) is 19.8 Å². The highest BCUT2D eigenvalue weighted by Crippen LogP contribution is 2.38. The number of aromatic nitrogens is 2. The third-order valence-electron chi connectivity index (χ3n) is 5.88. The molecular weight excluding hydrogens is 413 g/mol. The first kappa shape index (κ1) is 20.5. The number of aryl methyl sites for hydroxylation is 1. The van der Waals surface area contributed by atoms with Crippen molar-refractivity contribution in [3.63, 3.8) is 0 Å². The van der Waals surface area contributed by atoms with Crippen LogP contribution in [0.4, 0.5) is 4.39 Å². The first-order chi connectivity index (χ1) is 15.7. The van der Waals surface area contributed by atoms with Crippen molar-refractivity contribution in [2.24, 2.45) is 0 Å². The van der Waals surface area contributed by atoms with Crippen LogP contribution in [0, 0.1) is 5.82 Å². The molecule has 3 aromatic rings. The lowest BCUT2D eigenvalue weighted by atomic mass is 10.0. The molecule has 2 aromatic carbocycles. The number of rotatable bonds is 6. The molecule has 1 saturated heterocycles. The van der Waals surface area contributed by atoms with Crippen LogP contribution < -0.4 is 9.47 Å². The van der Waals surface area contributed by atoms with Crippen molar-refractivity contribution >= 4 is 5.91 Å². The third kappa shape index (κ3) is 4.30. The Morgan fingerprint density at radius 1 is 1.09 bits per heavy atom. The summed E-state index contributed by atoms with van der Waals surface area (Å²) in [5.74, 6) is 2.22. The number of ether oxygens (including phenoxy) is 2. The summed E-state index contributed by atoms with van der Waals surface area (Å²) in [5, 5.41) is 3.95. The van der Waals surface area contributed by atoms with Crippen LogP contribution in [-0.4, -0.2) is 40.7 Å². The first-order valence-electron chi connectivity index (χ1n) is 10.9. The van der Waals surface area contributed by atoms with Crippen molar-refractivity contribution in [2.45, 2.75) is 38.1 Å². The lowest BCUT2D eigenvalue weighted by Crippen LogP contribution is -2.30. The Bertz CT molecular complexity index is 1100. The SMILES string of the molecule is O=C(CCCc1nc(-c2ccc(F)cc2)no1)N1CCC[C@@H]1c1ccc2c(c1)OCCO2. The van der Waals surface area contributed by atoms with Crippen LogP contribution in [0.2, 0.25) is 0 Å². The van der Waals surface area contributed by atoms with E-state index in [1.165, 1.54) is 12.1 Å². The number of hydrogen-bond acceptors (Lipinski definition) is 6. The maximum Gasteiger partial charge on any atom is 0.226 e. The summed E-state index contributed by atoms with van der Waals surface area (Å²) in [6.45, 7) is 1.86. The number of nitrogens with zero attached hydrogens (tertiary/aromatic N) is 3. The molecule has 0 aliphatic carbocycles. The maximum absolute atomic E-state index is 13.1. The van der Waals surface area contributed by atoms with Gasteiger partial charge in [0.05, 0.1) is 6.04 Å². The molecule has 32 heavy (non-hydrogen) atoms. The molecule has 3 heterocycles. The quantitative estimate of drug-likeness (QED) is 0.571. The molecule has 1 aromatic heterocycles. The predicted octanol–water partition coefficient (Wildman–Crippen LogP) is 4.33. The molecule has 0 unspecified atom stereocenters. The summed E-state index contributed by atoms with van der Waals surface area (Å²) in [6.07, 6.45) is 3.47. The monoisotopic (exact) mass is 437 g/mol. The third-order valence-corrected chi connectivity index (χ3v) is 5.88. The van der Waals surface area contributed by atoms with Gasteiger partial charge in [-0.1, -0.05) is 11.2 Å². The smallest absolute Gasteiger partial charge is 0.226 e. The highest BCUT2D eigenvalue weighted by molar-refractivity contribution is 5.77. The fourth-order valence-electron chi connectivity index (χ4n) is 4.29.